The molecule has 18 heavy (non-hydrogen) atoms. The molecule has 1 N–H and O–H groups in total. The van der Waals surface area contributed by atoms with Crippen LogP contribution in [0.3, 0.4) is 0 Å². The summed E-state index contributed by atoms with van der Waals surface area (Å²) in [6, 6.07) is 7.21. The van der Waals surface area contributed by atoms with Gasteiger partial charge in [-0.3, -0.25) is 0 Å². The van der Waals surface area contributed by atoms with E-state index in [1.165, 1.54) is 0 Å². The van der Waals surface area contributed by atoms with Crippen LogP contribution in [0.5, 0.6) is 0 Å². The highest BCUT2D eigenvalue weighted by molar-refractivity contribution is 14.1. The van der Waals surface area contributed by atoms with E-state index in [1.54, 1.807) is 22.5 Å². The fourth-order valence-electron chi connectivity index (χ4n) is 2.13. The van der Waals surface area contributed by atoms with Crippen LogP contribution in [0.2, 0.25) is 0 Å². The number of hydrogen-bond acceptors (Lipinski definition) is 3. The summed E-state index contributed by atoms with van der Waals surface area (Å²) in [5.74, 6) is 0. The van der Waals surface area contributed by atoms with E-state index in [0.29, 0.717) is 18.0 Å². The molecule has 0 aromatic heterocycles. The van der Waals surface area contributed by atoms with Gasteiger partial charge in [0.15, 0.2) is 0 Å². The molecule has 1 heterocycles. The molecule has 0 bridgehead atoms. The van der Waals surface area contributed by atoms with Crippen LogP contribution in [0.15, 0.2) is 29.2 Å². The van der Waals surface area contributed by atoms with Crippen molar-refractivity contribution in [2.45, 2.75) is 30.8 Å². The van der Waals surface area contributed by atoms with Crippen molar-refractivity contribution in [2.75, 3.05) is 13.1 Å². The minimum Gasteiger partial charge on any atom is -0.311 e. The summed E-state index contributed by atoms with van der Waals surface area (Å²) in [5.41, 5.74) is 0. The van der Waals surface area contributed by atoms with E-state index in [4.69, 9.17) is 0 Å². The highest BCUT2D eigenvalue weighted by atomic mass is 127. The Balaban J connectivity index is 2.36. The van der Waals surface area contributed by atoms with Crippen LogP contribution in [0, 0.1) is 3.57 Å². The minimum atomic E-state index is -3.38. The second-order valence-corrected chi connectivity index (χ2v) is 7.69. The Bertz CT molecular complexity index is 533. The number of rotatable bonds is 2. The third-order valence-electron chi connectivity index (χ3n) is 3.38. The lowest BCUT2D eigenvalue weighted by Gasteiger charge is -2.37. The summed E-state index contributed by atoms with van der Waals surface area (Å²) in [5, 5.41) is 3.29. The molecule has 2 atom stereocenters. The van der Waals surface area contributed by atoms with Crippen LogP contribution in [0.4, 0.5) is 0 Å². The van der Waals surface area contributed by atoms with Crippen molar-refractivity contribution in [1.82, 2.24) is 9.62 Å². The standard InChI is InChI=1S/C12H17IN2O2S/c1-9-10(2)15(7-6-14-9)18(16,17)12-5-3-4-11(13)8-12/h3-5,8-10,14H,6-7H2,1-2H3. The number of piperazine rings is 1. The van der Waals surface area contributed by atoms with Crippen molar-refractivity contribution in [3.05, 3.63) is 27.8 Å². The number of nitrogens with one attached hydrogen (secondary N) is 1. The van der Waals surface area contributed by atoms with Crippen molar-refractivity contribution in [1.29, 1.82) is 0 Å². The molecule has 0 saturated carbocycles. The number of sulfonamides is 1. The SMILES string of the molecule is CC1NCCN(S(=O)(=O)c2cccc(I)c2)C1C. The van der Waals surface area contributed by atoms with Crippen LogP contribution >= 0.6 is 22.6 Å². The third-order valence-corrected chi connectivity index (χ3v) is 6.03. The molecule has 0 spiro atoms. The summed E-state index contributed by atoms with van der Waals surface area (Å²) in [6.07, 6.45) is 0. The van der Waals surface area contributed by atoms with Gasteiger partial charge in [0.2, 0.25) is 10.0 Å². The number of nitrogens with zero attached hydrogens (tertiary/aromatic N) is 1. The van der Waals surface area contributed by atoms with Gasteiger partial charge >= 0.3 is 0 Å². The van der Waals surface area contributed by atoms with Gasteiger partial charge in [-0.15, -0.1) is 0 Å². The van der Waals surface area contributed by atoms with E-state index in [2.05, 4.69) is 27.9 Å². The molecule has 1 aliphatic rings. The average Bonchev–Trinajstić information content (AvgIpc) is 2.32. The number of hydrogen-bond donors (Lipinski definition) is 1. The van der Waals surface area contributed by atoms with Crippen molar-refractivity contribution in [3.8, 4) is 0 Å². The van der Waals surface area contributed by atoms with Gasteiger partial charge in [-0.2, -0.15) is 4.31 Å². The summed E-state index contributed by atoms with van der Waals surface area (Å²) in [7, 11) is -3.38. The average molecular weight is 380 g/mol. The molecule has 1 aromatic carbocycles. The molecule has 100 valence electrons. The first-order valence-electron chi connectivity index (χ1n) is 5.94. The Kier molecular flexibility index (Phi) is 4.30. The molecule has 1 aliphatic heterocycles. The van der Waals surface area contributed by atoms with Crippen LogP contribution in [0.1, 0.15) is 13.8 Å². The summed E-state index contributed by atoms with van der Waals surface area (Å²) in [4.78, 5) is 0.385. The molecular formula is C12H17IN2O2S. The van der Waals surface area contributed by atoms with Gasteiger partial charge in [0.1, 0.15) is 0 Å². The largest absolute Gasteiger partial charge is 0.311 e. The topological polar surface area (TPSA) is 49.4 Å². The summed E-state index contributed by atoms with van der Waals surface area (Å²) >= 11 is 2.13. The Morgan fingerprint density at radius 2 is 2.11 bits per heavy atom. The zero-order valence-electron chi connectivity index (χ0n) is 10.4. The van der Waals surface area contributed by atoms with E-state index in [0.717, 1.165) is 3.57 Å². The monoisotopic (exact) mass is 380 g/mol. The van der Waals surface area contributed by atoms with Gasteiger partial charge in [-0.1, -0.05) is 6.07 Å². The zero-order valence-corrected chi connectivity index (χ0v) is 13.4. The normalized spacial score (nSPS) is 26.2. The first kappa shape index (κ1) is 14.2. The fourth-order valence-corrected chi connectivity index (χ4v) is 4.63. The lowest BCUT2D eigenvalue weighted by Crippen LogP contribution is -2.57. The Labute approximate surface area is 122 Å². The molecule has 6 heteroatoms. The van der Waals surface area contributed by atoms with Gasteiger partial charge in [-0.25, -0.2) is 8.42 Å². The van der Waals surface area contributed by atoms with Gasteiger partial charge in [0.25, 0.3) is 0 Å². The van der Waals surface area contributed by atoms with E-state index in [9.17, 15) is 8.42 Å². The van der Waals surface area contributed by atoms with Crippen molar-refractivity contribution >= 4 is 32.6 Å². The molecule has 1 fully saturated rings. The first-order chi connectivity index (χ1) is 8.43. The molecule has 0 aliphatic carbocycles. The summed E-state index contributed by atoms with van der Waals surface area (Å²) in [6.45, 7) is 5.19. The molecule has 1 saturated heterocycles. The van der Waals surface area contributed by atoms with E-state index in [-0.39, 0.29) is 12.1 Å². The lowest BCUT2D eigenvalue weighted by molar-refractivity contribution is 0.233. The molecular weight excluding hydrogens is 363 g/mol. The molecule has 0 radical (unpaired) electrons. The molecule has 0 amide bonds. The quantitative estimate of drug-likeness (QED) is 0.795. The fraction of sp³-hybridized carbons (Fsp3) is 0.500. The lowest BCUT2D eigenvalue weighted by atomic mass is 10.1. The minimum absolute atomic E-state index is 0.0263. The van der Waals surface area contributed by atoms with Crippen LogP contribution < -0.4 is 5.32 Å². The molecule has 2 rings (SSSR count). The van der Waals surface area contributed by atoms with Crippen LogP contribution in [-0.2, 0) is 10.0 Å². The van der Waals surface area contributed by atoms with Gasteiger partial charge < -0.3 is 5.32 Å². The second-order valence-electron chi connectivity index (χ2n) is 4.56. The van der Waals surface area contributed by atoms with E-state index < -0.39 is 10.0 Å². The zero-order chi connectivity index (χ0) is 13.3. The Morgan fingerprint density at radius 1 is 1.39 bits per heavy atom. The second kappa shape index (κ2) is 5.44. The molecule has 4 nitrogen and oxygen atoms in total. The number of halogens is 1. The third kappa shape index (κ3) is 2.71. The van der Waals surface area contributed by atoms with Gasteiger partial charge in [-0.05, 0) is 54.6 Å². The smallest absolute Gasteiger partial charge is 0.243 e. The Morgan fingerprint density at radius 3 is 2.78 bits per heavy atom. The van der Waals surface area contributed by atoms with E-state index in [1.807, 2.05) is 19.9 Å². The summed E-state index contributed by atoms with van der Waals surface area (Å²) < 4.78 is 27.7. The van der Waals surface area contributed by atoms with E-state index >= 15 is 0 Å². The number of benzene rings is 1. The predicted octanol–water partition coefficient (Wildman–Crippen LogP) is 1.66. The molecule has 2 unspecified atom stereocenters. The highest BCUT2D eigenvalue weighted by Gasteiger charge is 2.34. The maximum atomic E-state index is 12.6. The maximum absolute atomic E-state index is 12.6. The van der Waals surface area contributed by atoms with Crippen LogP contribution in [-0.4, -0.2) is 37.9 Å². The molecule has 1 aromatic rings. The van der Waals surface area contributed by atoms with Crippen molar-refractivity contribution < 1.29 is 8.42 Å². The highest BCUT2D eigenvalue weighted by Crippen LogP contribution is 2.22. The van der Waals surface area contributed by atoms with Crippen molar-refractivity contribution in [2.24, 2.45) is 0 Å². The maximum Gasteiger partial charge on any atom is 0.243 e. The van der Waals surface area contributed by atoms with Gasteiger partial charge in [0, 0.05) is 28.7 Å². The Hall–Kier alpha value is -0.180. The predicted molar refractivity (Wildman–Crippen MR) is 80.0 cm³/mol. The first-order valence-corrected chi connectivity index (χ1v) is 8.45. The van der Waals surface area contributed by atoms with Crippen molar-refractivity contribution in [3.63, 3.8) is 0 Å². The van der Waals surface area contributed by atoms with Gasteiger partial charge in [0.05, 0.1) is 4.90 Å². The van der Waals surface area contributed by atoms with Crippen LogP contribution in [0.25, 0.3) is 0 Å².